The van der Waals surface area contributed by atoms with E-state index in [0.29, 0.717) is 6.42 Å². The van der Waals surface area contributed by atoms with Gasteiger partial charge >= 0.3 is 5.69 Å². The van der Waals surface area contributed by atoms with Gasteiger partial charge in [0.1, 0.15) is 5.65 Å². The molecular weight excluding hydrogens is 288 g/mol. The third kappa shape index (κ3) is 3.06. The van der Waals surface area contributed by atoms with Crippen LogP contribution in [0.15, 0.2) is 21.9 Å². The Balaban J connectivity index is 2.36. The summed E-state index contributed by atoms with van der Waals surface area (Å²) >= 11 is 0. The second-order valence-corrected chi connectivity index (χ2v) is 5.45. The van der Waals surface area contributed by atoms with Crippen LogP contribution in [0.1, 0.15) is 30.6 Å². The molecular formula is C14H18N4O4. The number of aliphatic hydroxyl groups is 1. The van der Waals surface area contributed by atoms with Crippen LogP contribution >= 0.6 is 0 Å². The summed E-state index contributed by atoms with van der Waals surface area (Å²) in [4.78, 5) is 41.5. The average Bonchev–Trinajstić information content (AvgIpc) is 2.50. The normalized spacial score (nSPS) is 13.8. The number of carbonyl (C=O) groups excluding carboxylic acids is 1. The maximum absolute atomic E-state index is 12.1. The van der Waals surface area contributed by atoms with E-state index in [2.05, 4.69) is 15.3 Å². The van der Waals surface area contributed by atoms with Crippen LogP contribution in [-0.2, 0) is 7.05 Å². The lowest BCUT2D eigenvalue weighted by Crippen LogP contribution is -2.40. The van der Waals surface area contributed by atoms with Crippen molar-refractivity contribution in [1.82, 2.24) is 19.9 Å². The molecule has 2 aromatic rings. The van der Waals surface area contributed by atoms with Gasteiger partial charge in [0.25, 0.3) is 11.5 Å². The maximum atomic E-state index is 12.1. The molecule has 3 N–H and O–H groups in total. The summed E-state index contributed by atoms with van der Waals surface area (Å²) in [5, 5.41) is 12.6. The molecule has 1 unspecified atom stereocenters. The lowest BCUT2D eigenvalue weighted by molar-refractivity contribution is 0.0518. The molecule has 2 aromatic heterocycles. The quantitative estimate of drug-likeness (QED) is 0.705. The van der Waals surface area contributed by atoms with Gasteiger partial charge in [-0.05, 0) is 19.4 Å². The highest BCUT2D eigenvalue weighted by molar-refractivity contribution is 5.96. The molecule has 0 saturated heterocycles. The van der Waals surface area contributed by atoms with Crippen molar-refractivity contribution in [3.63, 3.8) is 0 Å². The van der Waals surface area contributed by atoms with Gasteiger partial charge in [0.2, 0.25) is 0 Å². The van der Waals surface area contributed by atoms with Crippen LogP contribution in [0.4, 0.5) is 0 Å². The molecule has 1 atom stereocenters. The second-order valence-electron chi connectivity index (χ2n) is 5.45. The third-order valence-electron chi connectivity index (χ3n) is 3.61. The van der Waals surface area contributed by atoms with Crippen LogP contribution < -0.4 is 16.6 Å². The topological polar surface area (TPSA) is 117 Å². The molecule has 0 aliphatic rings. The smallest absolute Gasteiger partial charge is 0.329 e. The minimum absolute atomic E-state index is 0.0873. The molecule has 22 heavy (non-hydrogen) atoms. The minimum atomic E-state index is -0.999. The number of fused-ring (bicyclic) bond motifs is 1. The van der Waals surface area contributed by atoms with Crippen molar-refractivity contribution in [1.29, 1.82) is 0 Å². The first-order valence-electron chi connectivity index (χ1n) is 6.85. The number of amides is 1. The predicted molar refractivity (Wildman–Crippen MR) is 80.9 cm³/mol. The maximum Gasteiger partial charge on any atom is 0.329 e. The van der Waals surface area contributed by atoms with E-state index >= 15 is 0 Å². The second kappa shape index (κ2) is 5.72. The Hall–Kier alpha value is -2.48. The van der Waals surface area contributed by atoms with Crippen LogP contribution in [-0.4, -0.2) is 37.7 Å². The standard InChI is InChI=1S/C14H18N4O4/c1-4-14(2,22)7-16-11(19)8-5-9-10(15-6-8)18(3)13(21)17-12(9)20/h5-6,22H,4,7H2,1-3H3,(H,16,19)(H,17,20,21). The summed E-state index contributed by atoms with van der Waals surface area (Å²) in [5.41, 5.74) is -1.78. The van der Waals surface area contributed by atoms with E-state index in [1.54, 1.807) is 6.92 Å². The minimum Gasteiger partial charge on any atom is -0.388 e. The van der Waals surface area contributed by atoms with Crippen molar-refractivity contribution >= 4 is 16.9 Å². The number of pyridine rings is 1. The number of nitrogens with one attached hydrogen (secondary N) is 2. The molecule has 0 radical (unpaired) electrons. The molecule has 2 rings (SSSR count). The monoisotopic (exact) mass is 306 g/mol. The first-order valence-corrected chi connectivity index (χ1v) is 6.85. The number of hydrogen-bond acceptors (Lipinski definition) is 5. The average molecular weight is 306 g/mol. The van der Waals surface area contributed by atoms with Crippen LogP contribution in [0, 0.1) is 0 Å². The SMILES string of the molecule is CCC(C)(O)CNC(=O)c1cnc2c(c1)c(=O)[nH]c(=O)n2C. The van der Waals surface area contributed by atoms with Crippen LogP contribution in [0.3, 0.4) is 0 Å². The Kier molecular flexibility index (Phi) is 4.14. The molecule has 0 aromatic carbocycles. The summed E-state index contributed by atoms with van der Waals surface area (Å²) in [6, 6.07) is 1.37. The zero-order chi connectivity index (χ0) is 16.5. The Morgan fingerprint density at radius 1 is 1.50 bits per heavy atom. The summed E-state index contributed by atoms with van der Waals surface area (Å²) in [6.45, 7) is 3.51. The van der Waals surface area contributed by atoms with Crippen molar-refractivity contribution in [2.24, 2.45) is 7.05 Å². The molecule has 2 heterocycles. The van der Waals surface area contributed by atoms with E-state index < -0.39 is 22.8 Å². The molecule has 8 nitrogen and oxygen atoms in total. The molecule has 0 bridgehead atoms. The first-order chi connectivity index (χ1) is 10.2. The Labute approximate surface area is 125 Å². The molecule has 0 saturated carbocycles. The van der Waals surface area contributed by atoms with Crippen molar-refractivity contribution in [2.75, 3.05) is 6.54 Å². The number of carbonyl (C=O) groups is 1. The molecule has 0 spiro atoms. The molecule has 0 aliphatic carbocycles. The fraction of sp³-hybridized carbons (Fsp3) is 0.429. The molecule has 0 fully saturated rings. The molecule has 0 aliphatic heterocycles. The van der Waals surface area contributed by atoms with Crippen molar-refractivity contribution in [3.8, 4) is 0 Å². The van der Waals surface area contributed by atoms with E-state index in [-0.39, 0.29) is 23.1 Å². The van der Waals surface area contributed by atoms with Crippen molar-refractivity contribution in [3.05, 3.63) is 38.7 Å². The largest absolute Gasteiger partial charge is 0.388 e. The summed E-state index contributed by atoms with van der Waals surface area (Å²) in [6.07, 6.45) is 1.78. The highest BCUT2D eigenvalue weighted by Gasteiger charge is 2.19. The van der Waals surface area contributed by atoms with E-state index in [9.17, 15) is 19.5 Å². The van der Waals surface area contributed by atoms with E-state index in [0.717, 1.165) is 0 Å². The molecule has 118 valence electrons. The Bertz CT molecular complexity index is 835. The Morgan fingerprint density at radius 3 is 2.82 bits per heavy atom. The fourth-order valence-corrected chi connectivity index (χ4v) is 1.86. The number of aryl methyl sites for hydroxylation is 1. The van der Waals surface area contributed by atoms with E-state index in [4.69, 9.17) is 0 Å². The number of aromatic amines is 1. The zero-order valence-corrected chi connectivity index (χ0v) is 12.6. The summed E-state index contributed by atoms with van der Waals surface area (Å²) in [7, 11) is 1.48. The highest BCUT2D eigenvalue weighted by atomic mass is 16.3. The van der Waals surface area contributed by atoms with Gasteiger partial charge in [-0.3, -0.25) is 19.1 Å². The van der Waals surface area contributed by atoms with Gasteiger partial charge in [-0.25, -0.2) is 9.78 Å². The van der Waals surface area contributed by atoms with Gasteiger partial charge in [-0.2, -0.15) is 0 Å². The predicted octanol–water partition coefficient (Wildman–Crippen LogP) is -0.487. The number of nitrogens with zero attached hydrogens (tertiary/aromatic N) is 2. The highest BCUT2D eigenvalue weighted by Crippen LogP contribution is 2.09. The van der Waals surface area contributed by atoms with Gasteiger partial charge in [0, 0.05) is 19.8 Å². The number of H-pyrrole nitrogens is 1. The van der Waals surface area contributed by atoms with Crippen molar-refractivity contribution < 1.29 is 9.90 Å². The van der Waals surface area contributed by atoms with Gasteiger partial charge in [-0.1, -0.05) is 6.92 Å². The Morgan fingerprint density at radius 2 is 2.18 bits per heavy atom. The third-order valence-corrected chi connectivity index (χ3v) is 3.61. The zero-order valence-electron chi connectivity index (χ0n) is 12.6. The summed E-state index contributed by atoms with van der Waals surface area (Å²) in [5.74, 6) is -0.448. The summed E-state index contributed by atoms with van der Waals surface area (Å²) < 4.78 is 1.19. The van der Waals surface area contributed by atoms with Gasteiger partial charge in [-0.15, -0.1) is 0 Å². The van der Waals surface area contributed by atoms with Crippen molar-refractivity contribution in [2.45, 2.75) is 25.9 Å². The molecule has 8 heteroatoms. The van der Waals surface area contributed by atoms with E-state index in [1.165, 1.54) is 23.9 Å². The number of hydrogen-bond donors (Lipinski definition) is 3. The van der Waals surface area contributed by atoms with Gasteiger partial charge in [0.05, 0.1) is 16.6 Å². The van der Waals surface area contributed by atoms with Gasteiger partial charge in [0.15, 0.2) is 0 Å². The lowest BCUT2D eigenvalue weighted by Gasteiger charge is -2.21. The number of rotatable bonds is 4. The molecule has 1 amide bonds. The van der Waals surface area contributed by atoms with Crippen LogP contribution in [0.5, 0.6) is 0 Å². The first kappa shape index (κ1) is 15.9. The fourth-order valence-electron chi connectivity index (χ4n) is 1.86. The van der Waals surface area contributed by atoms with Crippen LogP contribution in [0.25, 0.3) is 11.0 Å². The van der Waals surface area contributed by atoms with Gasteiger partial charge < -0.3 is 10.4 Å². The lowest BCUT2D eigenvalue weighted by atomic mass is 10.0. The number of aromatic nitrogens is 3. The van der Waals surface area contributed by atoms with Crippen LogP contribution in [0.2, 0.25) is 0 Å². The van der Waals surface area contributed by atoms with E-state index in [1.807, 2.05) is 6.92 Å².